The molecule has 148 valence electrons. The van der Waals surface area contributed by atoms with Crippen LogP contribution in [0.1, 0.15) is 11.6 Å². The van der Waals surface area contributed by atoms with Crippen molar-refractivity contribution >= 4 is 34.5 Å². The van der Waals surface area contributed by atoms with Crippen molar-refractivity contribution in [2.75, 3.05) is 38.2 Å². The summed E-state index contributed by atoms with van der Waals surface area (Å²) >= 11 is 1.57. The Bertz CT molecular complexity index is 836. The van der Waals surface area contributed by atoms with Crippen LogP contribution >= 0.6 is 11.3 Å². The van der Waals surface area contributed by atoms with Gasteiger partial charge in [0.2, 0.25) is 0 Å². The fourth-order valence-corrected chi connectivity index (χ4v) is 3.67. The third kappa shape index (κ3) is 5.12. The Labute approximate surface area is 165 Å². The summed E-state index contributed by atoms with van der Waals surface area (Å²) in [6, 6.07) is 7.39. The van der Waals surface area contributed by atoms with Gasteiger partial charge in [0.1, 0.15) is 0 Å². The number of morpholine rings is 1. The smallest absolute Gasteiger partial charge is 0.313 e. The Morgan fingerprint density at radius 3 is 2.71 bits per heavy atom. The molecule has 1 aliphatic heterocycles. The van der Waals surface area contributed by atoms with Gasteiger partial charge in [0.15, 0.2) is 0 Å². The molecule has 2 amide bonds. The summed E-state index contributed by atoms with van der Waals surface area (Å²) in [7, 11) is 0. The number of ether oxygens (including phenoxy) is 1. The Kier molecular flexibility index (Phi) is 6.69. The van der Waals surface area contributed by atoms with Gasteiger partial charge in [0.25, 0.3) is 5.69 Å². The Morgan fingerprint density at radius 2 is 2.04 bits per heavy atom. The van der Waals surface area contributed by atoms with Crippen LogP contribution in [0.2, 0.25) is 0 Å². The topological polar surface area (TPSA) is 114 Å². The molecule has 0 aliphatic carbocycles. The number of anilines is 1. The van der Waals surface area contributed by atoms with Gasteiger partial charge < -0.3 is 15.4 Å². The summed E-state index contributed by atoms with van der Waals surface area (Å²) in [5.74, 6) is -1.66. The number of hydrogen-bond donors (Lipinski definition) is 2. The SMILES string of the molecule is O=C(NCC(c1ccsc1)N1CCOCC1)C(=O)Nc1cccc([N+](=O)[O-])c1. The molecule has 1 atom stereocenters. The van der Waals surface area contributed by atoms with Crippen LogP contribution in [-0.2, 0) is 14.3 Å². The maximum absolute atomic E-state index is 12.2. The lowest BCUT2D eigenvalue weighted by molar-refractivity contribution is -0.384. The van der Waals surface area contributed by atoms with Gasteiger partial charge in [-0.2, -0.15) is 11.3 Å². The van der Waals surface area contributed by atoms with E-state index >= 15 is 0 Å². The summed E-state index contributed by atoms with van der Waals surface area (Å²) in [5, 5.41) is 19.9. The Morgan fingerprint density at radius 1 is 1.25 bits per heavy atom. The Hall–Kier alpha value is -2.82. The number of carbonyl (C=O) groups is 2. The van der Waals surface area contributed by atoms with Crippen molar-refractivity contribution in [3.05, 3.63) is 56.8 Å². The maximum atomic E-state index is 12.2. The molecule has 1 aliphatic rings. The summed E-state index contributed by atoms with van der Waals surface area (Å²) in [6.07, 6.45) is 0. The number of non-ortho nitro benzene ring substituents is 1. The van der Waals surface area contributed by atoms with E-state index in [0.717, 1.165) is 18.7 Å². The van der Waals surface area contributed by atoms with E-state index in [1.165, 1.54) is 24.3 Å². The highest BCUT2D eigenvalue weighted by atomic mass is 32.1. The van der Waals surface area contributed by atoms with Crippen LogP contribution < -0.4 is 10.6 Å². The van der Waals surface area contributed by atoms with E-state index in [2.05, 4.69) is 15.5 Å². The molecule has 3 rings (SSSR count). The zero-order valence-corrected chi connectivity index (χ0v) is 15.8. The first kappa shape index (κ1) is 19.9. The number of amides is 2. The minimum atomic E-state index is -0.869. The highest BCUT2D eigenvalue weighted by Crippen LogP contribution is 2.23. The number of nitro groups is 1. The molecule has 0 spiro atoms. The molecular formula is C18H20N4O5S. The van der Waals surface area contributed by atoms with Crippen molar-refractivity contribution in [1.82, 2.24) is 10.2 Å². The van der Waals surface area contributed by atoms with Gasteiger partial charge in [-0.1, -0.05) is 6.07 Å². The van der Waals surface area contributed by atoms with Crippen molar-refractivity contribution in [3.63, 3.8) is 0 Å². The molecule has 28 heavy (non-hydrogen) atoms. The van der Waals surface area contributed by atoms with E-state index < -0.39 is 16.7 Å². The second-order valence-electron chi connectivity index (χ2n) is 6.19. The molecule has 1 aromatic heterocycles. The Balaban J connectivity index is 1.60. The van der Waals surface area contributed by atoms with E-state index in [0.29, 0.717) is 13.2 Å². The molecule has 0 saturated carbocycles. The lowest BCUT2D eigenvalue weighted by atomic mass is 10.1. The maximum Gasteiger partial charge on any atom is 0.313 e. The molecule has 9 nitrogen and oxygen atoms in total. The summed E-state index contributed by atoms with van der Waals surface area (Å²) in [4.78, 5) is 36.8. The van der Waals surface area contributed by atoms with Crippen molar-refractivity contribution in [1.29, 1.82) is 0 Å². The molecule has 1 saturated heterocycles. The third-order valence-electron chi connectivity index (χ3n) is 4.39. The van der Waals surface area contributed by atoms with Crippen LogP contribution in [-0.4, -0.2) is 54.5 Å². The molecule has 10 heteroatoms. The van der Waals surface area contributed by atoms with Crippen molar-refractivity contribution in [2.24, 2.45) is 0 Å². The quantitative estimate of drug-likeness (QED) is 0.431. The van der Waals surface area contributed by atoms with E-state index in [1.54, 1.807) is 11.3 Å². The fraction of sp³-hybridized carbons (Fsp3) is 0.333. The average Bonchev–Trinajstić information content (AvgIpc) is 3.23. The largest absolute Gasteiger partial charge is 0.379 e. The second kappa shape index (κ2) is 9.40. The van der Waals surface area contributed by atoms with E-state index in [4.69, 9.17) is 4.74 Å². The van der Waals surface area contributed by atoms with Crippen LogP contribution in [0, 0.1) is 10.1 Å². The summed E-state index contributed by atoms with van der Waals surface area (Å²) in [5.41, 5.74) is 1.10. The first-order valence-corrected chi connectivity index (χ1v) is 9.66. The average molecular weight is 404 g/mol. The molecule has 1 unspecified atom stereocenters. The first-order valence-electron chi connectivity index (χ1n) is 8.72. The van der Waals surface area contributed by atoms with Crippen LogP contribution in [0.5, 0.6) is 0 Å². The van der Waals surface area contributed by atoms with Crippen LogP contribution in [0.15, 0.2) is 41.1 Å². The highest BCUT2D eigenvalue weighted by molar-refractivity contribution is 7.08. The number of nitrogens with one attached hydrogen (secondary N) is 2. The lowest BCUT2D eigenvalue weighted by Crippen LogP contribution is -2.45. The van der Waals surface area contributed by atoms with E-state index in [9.17, 15) is 19.7 Å². The highest BCUT2D eigenvalue weighted by Gasteiger charge is 2.25. The van der Waals surface area contributed by atoms with Gasteiger partial charge in [-0.25, -0.2) is 0 Å². The molecule has 2 aromatic rings. The molecule has 2 N–H and O–H groups in total. The van der Waals surface area contributed by atoms with Gasteiger partial charge in [-0.15, -0.1) is 0 Å². The summed E-state index contributed by atoms with van der Waals surface area (Å²) < 4.78 is 5.39. The summed E-state index contributed by atoms with van der Waals surface area (Å²) in [6.45, 7) is 3.02. The molecule has 1 aromatic carbocycles. The van der Waals surface area contributed by atoms with E-state index in [-0.39, 0.29) is 24.0 Å². The number of hydrogen-bond acceptors (Lipinski definition) is 7. The number of benzene rings is 1. The molecular weight excluding hydrogens is 384 g/mol. The second-order valence-corrected chi connectivity index (χ2v) is 6.97. The zero-order chi connectivity index (χ0) is 19.9. The molecule has 2 heterocycles. The van der Waals surface area contributed by atoms with Crippen LogP contribution in [0.25, 0.3) is 0 Å². The van der Waals surface area contributed by atoms with Gasteiger partial charge >= 0.3 is 11.8 Å². The molecule has 0 bridgehead atoms. The third-order valence-corrected chi connectivity index (χ3v) is 5.09. The van der Waals surface area contributed by atoms with Crippen molar-refractivity contribution < 1.29 is 19.2 Å². The number of nitro benzene ring substituents is 1. The van der Waals surface area contributed by atoms with E-state index in [1.807, 2.05) is 16.8 Å². The lowest BCUT2D eigenvalue weighted by Gasteiger charge is -2.34. The minimum Gasteiger partial charge on any atom is -0.379 e. The van der Waals surface area contributed by atoms with Crippen LogP contribution in [0.3, 0.4) is 0 Å². The van der Waals surface area contributed by atoms with Crippen molar-refractivity contribution in [2.45, 2.75) is 6.04 Å². The number of nitrogens with zero attached hydrogens (tertiary/aromatic N) is 2. The van der Waals surface area contributed by atoms with Gasteiger partial charge in [0, 0.05) is 37.5 Å². The predicted molar refractivity (Wildman–Crippen MR) is 104 cm³/mol. The minimum absolute atomic E-state index is 0.0512. The van der Waals surface area contributed by atoms with Gasteiger partial charge in [-0.3, -0.25) is 24.6 Å². The number of thiophene rings is 1. The van der Waals surface area contributed by atoms with Gasteiger partial charge in [-0.05, 0) is 28.5 Å². The fourth-order valence-electron chi connectivity index (χ4n) is 2.97. The number of rotatable bonds is 6. The predicted octanol–water partition coefficient (Wildman–Crippen LogP) is 1.78. The molecule has 1 fully saturated rings. The number of carbonyl (C=O) groups excluding carboxylic acids is 2. The monoisotopic (exact) mass is 404 g/mol. The first-order chi connectivity index (χ1) is 13.5. The van der Waals surface area contributed by atoms with Crippen molar-refractivity contribution in [3.8, 4) is 0 Å². The standard InChI is InChI=1S/C18H20N4O5S/c23-17(18(24)20-14-2-1-3-15(10-14)22(25)26)19-11-16(13-4-9-28-12-13)21-5-7-27-8-6-21/h1-4,9-10,12,16H,5-8,11H2,(H,19,23)(H,20,24). The zero-order valence-electron chi connectivity index (χ0n) is 15.0. The van der Waals surface area contributed by atoms with Gasteiger partial charge in [0.05, 0.1) is 24.2 Å². The van der Waals surface area contributed by atoms with Crippen LogP contribution in [0.4, 0.5) is 11.4 Å². The molecule has 0 radical (unpaired) electrons. The normalized spacial score (nSPS) is 15.6.